The van der Waals surface area contributed by atoms with E-state index in [4.69, 9.17) is 14.5 Å². The van der Waals surface area contributed by atoms with Crippen LogP contribution in [0.3, 0.4) is 0 Å². The van der Waals surface area contributed by atoms with E-state index in [2.05, 4.69) is 39.0 Å². The Morgan fingerprint density at radius 2 is 1.96 bits per heavy atom. The monoisotopic (exact) mass is 338 g/mol. The second-order valence-electron chi connectivity index (χ2n) is 6.14. The molecule has 0 aliphatic rings. The molecule has 2 N–H and O–H groups in total. The summed E-state index contributed by atoms with van der Waals surface area (Å²) in [5.41, 5.74) is 5.80. The minimum Gasteiger partial charge on any atom is -0.364 e. The molecule has 0 amide bonds. The summed E-state index contributed by atoms with van der Waals surface area (Å²) < 4.78 is 15.8. The van der Waals surface area contributed by atoms with Crippen LogP contribution < -0.4 is 0 Å². The molecule has 23 heavy (non-hydrogen) atoms. The minimum absolute atomic E-state index is 0.209. The fraction of sp³-hybridized carbons (Fsp3) is 0.444. The molecule has 1 aromatic rings. The van der Waals surface area contributed by atoms with Crippen LogP contribution in [0.5, 0.6) is 0 Å². The number of hydrogen-bond donors (Lipinski definition) is 2. The highest BCUT2D eigenvalue weighted by Gasteiger charge is 2.12. The Kier molecular flexibility index (Phi) is 7.93. The number of benzene rings is 1. The van der Waals surface area contributed by atoms with Crippen LogP contribution in [0, 0.1) is 6.92 Å². The highest BCUT2D eigenvalue weighted by atomic mass is 31.2. The van der Waals surface area contributed by atoms with Crippen LogP contribution in [0.15, 0.2) is 35.4 Å². The van der Waals surface area contributed by atoms with Crippen LogP contribution in [0.1, 0.15) is 50.3 Å². The molecule has 0 spiro atoms. The van der Waals surface area contributed by atoms with E-state index in [-0.39, 0.29) is 6.61 Å². The van der Waals surface area contributed by atoms with Crippen LogP contribution >= 0.6 is 7.60 Å². The molecule has 0 radical (unpaired) electrons. The molecule has 0 atom stereocenters. The average molecular weight is 338 g/mol. The summed E-state index contributed by atoms with van der Waals surface area (Å²) >= 11 is 0. The van der Waals surface area contributed by atoms with Crippen LogP contribution in [-0.4, -0.2) is 16.1 Å². The zero-order chi connectivity index (χ0) is 17.5. The topological polar surface area (TPSA) is 66.8 Å². The molecule has 0 aliphatic heterocycles. The van der Waals surface area contributed by atoms with Gasteiger partial charge < -0.3 is 14.5 Å². The Balaban J connectivity index is 2.64. The summed E-state index contributed by atoms with van der Waals surface area (Å²) in [6.07, 6.45) is 5.96. The highest BCUT2D eigenvalue weighted by Crippen LogP contribution is 2.34. The summed E-state index contributed by atoms with van der Waals surface area (Å²) in [5, 5.41) is 0. The molecule has 0 aliphatic carbocycles. The van der Waals surface area contributed by atoms with Gasteiger partial charge in [-0.1, -0.05) is 41.5 Å². The van der Waals surface area contributed by atoms with E-state index in [0.717, 1.165) is 29.5 Å². The molecule has 0 saturated carbocycles. The van der Waals surface area contributed by atoms with Gasteiger partial charge in [-0.15, -0.1) is 0 Å². The predicted molar refractivity (Wildman–Crippen MR) is 95.2 cm³/mol. The zero-order valence-corrected chi connectivity index (χ0v) is 15.3. The Labute approximate surface area is 139 Å². The summed E-state index contributed by atoms with van der Waals surface area (Å²) in [5.74, 6) is 0. The van der Waals surface area contributed by atoms with Crippen molar-refractivity contribution < 1.29 is 19.1 Å². The molecule has 0 bridgehead atoms. The summed E-state index contributed by atoms with van der Waals surface area (Å²) in [6.45, 7) is 8.53. The quantitative estimate of drug-likeness (QED) is 0.528. The molecule has 0 aromatic heterocycles. The lowest BCUT2D eigenvalue weighted by molar-refractivity contribution is 0.144. The Bertz CT molecular complexity index is 622. The van der Waals surface area contributed by atoms with E-state index >= 15 is 0 Å². The van der Waals surface area contributed by atoms with Crippen LogP contribution in [0.2, 0.25) is 0 Å². The lowest BCUT2D eigenvalue weighted by Crippen LogP contribution is -1.98. The number of rotatable bonds is 8. The third kappa shape index (κ3) is 8.87. The molecule has 128 valence electrons. The maximum Gasteiger partial charge on any atom is 0.350 e. The number of hydrogen-bond acceptors (Lipinski definition) is 2. The van der Waals surface area contributed by atoms with Crippen molar-refractivity contribution in [1.82, 2.24) is 0 Å². The molecule has 1 aromatic carbocycles. The van der Waals surface area contributed by atoms with E-state index in [1.807, 2.05) is 19.1 Å². The number of aryl methyl sites for hydroxylation is 1. The third-order valence-electron chi connectivity index (χ3n) is 3.39. The van der Waals surface area contributed by atoms with Gasteiger partial charge in [-0.25, -0.2) is 0 Å². The van der Waals surface area contributed by atoms with Crippen molar-refractivity contribution in [1.29, 1.82) is 0 Å². The van der Waals surface area contributed by atoms with Crippen molar-refractivity contribution in [2.24, 2.45) is 0 Å². The maximum atomic E-state index is 10.8. The van der Waals surface area contributed by atoms with Crippen LogP contribution in [0.25, 0.3) is 6.08 Å². The van der Waals surface area contributed by atoms with Crippen molar-refractivity contribution in [3.05, 3.63) is 52.1 Å². The lowest BCUT2D eigenvalue weighted by Gasteiger charge is -2.09. The Morgan fingerprint density at radius 1 is 1.26 bits per heavy atom. The van der Waals surface area contributed by atoms with Gasteiger partial charge in [0.15, 0.2) is 0 Å². The molecule has 0 fully saturated rings. The first kappa shape index (κ1) is 19.9. The van der Waals surface area contributed by atoms with E-state index in [9.17, 15) is 4.57 Å². The van der Waals surface area contributed by atoms with Gasteiger partial charge in [0.05, 0.1) is 6.61 Å². The molecular formula is C18H27O4P. The van der Waals surface area contributed by atoms with Gasteiger partial charge in [0.2, 0.25) is 0 Å². The molecule has 0 saturated heterocycles. The van der Waals surface area contributed by atoms with Gasteiger partial charge in [-0.05, 0) is 57.2 Å². The van der Waals surface area contributed by atoms with Crippen molar-refractivity contribution in [2.75, 3.05) is 6.35 Å². The van der Waals surface area contributed by atoms with Crippen LogP contribution in [0.4, 0.5) is 0 Å². The average Bonchev–Trinajstić information content (AvgIpc) is 2.39. The normalized spacial score (nSPS) is 12.3. The third-order valence-corrected chi connectivity index (χ3v) is 3.91. The first-order valence-electron chi connectivity index (χ1n) is 7.70. The first-order valence-corrected chi connectivity index (χ1v) is 9.49. The summed E-state index contributed by atoms with van der Waals surface area (Å²) in [7, 11) is -4.10. The Hall–Kier alpha value is -1.19. The van der Waals surface area contributed by atoms with Gasteiger partial charge in [0.1, 0.15) is 6.35 Å². The van der Waals surface area contributed by atoms with Gasteiger partial charge in [-0.2, -0.15) is 0 Å². The fourth-order valence-electron chi connectivity index (χ4n) is 2.19. The van der Waals surface area contributed by atoms with Crippen molar-refractivity contribution >= 4 is 13.7 Å². The molecule has 5 heteroatoms. The van der Waals surface area contributed by atoms with Gasteiger partial charge in [-0.3, -0.25) is 4.57 Å². The van der Waals surface area contributed by atoms with E-state index < -0.39 is 13.9 Å². The molecule has 4 nitrogen and oxygen atoms in total. The van der Waals surface area contributed by atoms with E-state index in [1.54, 1.807) is 0 Å². The van der Waals surface area contributed by atoms with Crippen molar-refractivity contribution in [3.8, 4) is 0 Å². The zero-order valence-electron chi connectivity index (χ0n) is 14.4. The molecule has 1 rings (SSSR count). The molecular weight excluding hydrogens is 311 g/mol. The van der Waals surface area contributed by atoms with Gasteiger partial charge in [0.25, 0.3) is 0 Å². The fourth-order valence-corrected chi connectivity index (χ4v) is 2.52. The second-order valence-corrected chi connectivity index (χ2v) is 7.73. The highest BCUT2D eigenvalue weighted by molar-refractivity contribution is 7.51. The molecule has 0 heterocycles. The molecule has 0 unspecified atom stereocenters. The standard InChI is InChI=1S/C18H27O4P/c1-14(2)6-5-7-15(3)10-17-8-9-18(16(4)11-17)12-22-13-23(19,20)21/h6,8-11H,5,7,12-13H2,1-4H3,(H2,19,20,21)/b15-10+. The predicted octanol–water partition coefficient (Wildman–Crippen LogP) is 4.80. The smallest absolute Gasteiger partial charge is 0.350 e. The van der Waals surface area contributed by atoms with Gasteiger partial charge in [0, 0.05) is 0 Å². The Morgan fingerprint density at radius 3 is 2.52 bits per heavy atom. The maximum absolute atomic E-state index is 10.8. The first-order chi connectivity index (χ1) is 10.7. The van der Waals surface area contributed by atoms with Gasteiger partial charge >= 0.3 is 7.60 Å². The van der Waals surface area contributed by atoms with Crippen LogP contribution in [-0.2, 0) is 15.9 Å². The van der Waals surface area contributed by atoms with Crippen molar-refractivity contribution in [3.63, 3.8) is 0 Å². The SMILES string of the molecule is CC(C)=CCC/C(C)=C/c1ccc(COCP(=O)(O)O)c(C)c1. The minimum atomic E-state index is -4.10. The van der Waals surface area contributed by atoms with E-state index in [1.165, 1.54) is 11.1 Å². The summed E-state index contributed by atoms with van der Waals surface area (Å²) in [6, 6.07) is 6.03. The summed E-state index contributed by atoms with van der Waals surface area (Å²) in [4.78, 5) is 17.6. The van der Waals surface area contributed by atoms with Crippen molar-refractivity contribution in [2.45, 2.75) is 47.1 Å². The van der Waals surface area contributed by atoms with E-state index in [0.29, 0.717) is 0 Å². The number of ether oxygens (including phenoxy) is 1. The second kappa shape index (κ2) is 9.19. The number of allylic oxidation sites excluding steroid dienone is 3. The largest absolute Gasteiger partial charge is 0.364 e. The lowest BCUT2D eigenvalue weighted by atomic mass is 10.0.